The van der Waals surface area contributed by atoms with Gasteiger partial charge in [-0.1, -0.05) is 90.5 Å². The van der Waals surface area contributed by atoms with E-state index >= 15 is 0 Å². The number of halogens is 2. The Labute approximate surface area is 263 Å². The molecule has 0 spiro atoms. The molecule has 0 radical (unpaired) electrons. The lowest BCUT2D eigenvalue weighted by molar-refractivity contribution is -0.113. The molecule has 5 nitrogen and oxygen atoms in total. The summed E-state index contributed by atoms with van der Waals surface area (Å²) in [4.78, 5) is 39.7. The van der Waals surface area contributed by atoms with Crippen LogP contribution in [0, 0.1) is 5.82 Å². The quantitative estimate of drug-likeness (QED) is 0.0932. The highest BCUT2D eigenvalue weighted by Gasteiger charge is 2.17. The molecule has 5 rings (SSSR count). The average molecular weight is 621 g/mol. The van der Waals surface area contributed by atoms with E-state index in [0.29, 0.717) is 16.8 Å². The van der Waals surface area contributed by atoms with Crippen molar-refractivity contribution in [3.8, 4) is 11.1 Å². The number of carbonyl (C=O) groups is 3. The van der Waals surface area contributed by atoms with Crippen molar-refractivity contribution in [2.24, 2.45) is 0 Å². The third-order valence-corrected chi connectivity index (χ3v) is 7.95. The van der Waals surface area contributed by atoms with E-state index in [2.05, 4.69) is 10.6 Å². The summed E-state index contributed by atoms with van der Waals surface area (Å²) in [6.45, 7) is 0. The van der Waals surface area contributed by atoms with Crippen LogP contribution in [0.5, 0.6) is 0 Å². The van der Waals surface area contributed by atoms with Crippen molar-refractivity contribution in [1.82, 2.24) is 5.32 Å². The van der Waals surface area contributed by atoms with Gasteiger partial charge in [0.2, 0.25) is 0 Å². The van der Waals surface area contributed by atoms with Crippen LogP contribution in [0.2, 0.25) is 5.02 Å². The highest BCUT2D eigenvalue weighted by Crippen LogP contribution is 2.25. The lowest BCUT2D eigenvalue weighted by atomic mass is 10.0. The maximum absolute atomic E-state index is 14.5. The molecule has 218 valence electrons. The third-order valence-electron chi connectivity index (χ3n) is 6.61. The van der Waals surface area contributed by atoms with Gasteiger partial charge in [-0.25, -0.2) is 4.39 Å². The van der Waals surface area contributed by atoms with Crippen LogP contribution in [-0.2, 0) is 4.79 Å². The second-order valence-electron chi connectivity index (χ2n) is 9.65. The predicted molar refractivity (Wildman–Crippen MR) is 175 cm³/mol. The van der Waals surface area contributed by atoms with E-state index in [0.717, 1.165) is 16.0 Å². The molecule has 0 aliphatic heterocycles. The maximum atomic E-state index is 14.5. The van der Waals surface area contributed by atoms with Gasteiger partial charge in [-0.2, -0.15) is 0 Å². The van der Waals surface area contributed by atoms with Gasteiger partial charge < -0.3 is 10.6 Å². The highest BCUT2D eigenvalue weighted by atomic mass is 35.5. The van der Waals surface area contributed by atoms with Crippen molar-refractivity contribution in [2.75, 3.05) is 11.1 Å². The molecule has 44 heavy (non-hydrogen) atoms. The van der Waals surface area contributed by atoms with Gasteiger partial charge >= 0.3 is 0 Å². The van der Waals surface area contributed by atoms with Crippen LogP contribution in [-0.4, -0.2) is 23.4 Å². The van der Waals surface area contributed by atoms with E-state index in [4.69, 9.17) is 11.6 Å². The van der Waals surface area contributed by atoms with Crippen molar-refractivity contribution in [2.45, 2.75) is 4.90 Å². The van der Waals surface area contributed by atoms with Crippen molar-refractivity contribution in [3.05, 3.63) is 161 Å². The van der Waals surface area contributed by atoms with Crippen LogP contribution < -0.4 is 10.6 Å². The Bertz CT molecular complexity index is 1790. The molecule has 2 amide bonds. The molecule has 0 atom stereocenters. The van der Waals surface area contributed by atoms with Crippen LogP contribution >= 0.6 is 23.4 Å². The SMILES string of the molecule is O=C(Nc1ccc(SCC(=O)c2ccc(-c3ccccc3)cc2)cc1)/C(=C/c1c(F)cccc1Cl)NC(=O)c1ccccc1. The Morgan fingerprint density at radius 2 is 1.34 bits per heavy atom. The Kier molecular flexibility index (Phi) is 10.0. The number of benzene rings is 5. The van der Waals surface area contributed by atoms with E-state index in [1.807, 2.05) is 54.6 Å². The predicted octanol–water partition coefficient (Wildman–Crippen LogP) is 8.53. The first kappa shape index (κ1) is 30.5. The van der Waals surface area contributed by atoms with Gasteiger partial charge in [0.15, 0.2) is 5.78 Å². The van der Waals surface area contributed by atoms with E-state index in [1.165, 1.54) is 36.0 Å². The molecule has 5 aromatic carbocycles. The number of Topliss-reactive ketones (excluding diaryl/α,β-unsaturated/α-hetero) is 1. The number of rotatable bonds is 10. The monoisotopic (exact) mass is 620 g/mol. The van der Waals surface area contributed by atoms with Gasteiger partial charge in [-0.3, -0.25) is 14.4 Å². The fraction of sp³-hybridized carbons (Fsp3) is 0.0278. The molecule has 0 heterocycles. The van der Waals surface area contributed by atoms with Crippen molar-refractivity contribution < 1.29 is 18.8 Å². The second-order valence-corrected chi connectivity index (χ2v) is 11.1. The number of amides is 2. The zero-order valence-corrected chi connectivity index (χ0v) is 24.9. The van der Waals surface area contributed by atoms with Gasteiger partial charge in [-0.05, 0) is 65.7 Å². The summed E-state index contributed by atoms with van der Waals surface area (Å²) in [5.74, 6) is -1.59. The van der Waals surface area contributed by atoms with Gasteiger partial charge in [0.05, 0.1) is 10.8 Å². The molecule has 8 heteroatoms. The number of ketones is 1. The Balaban J connectivity index is 1.24. The molecular formula is C36H26ClFN2O3S. The van der Waals surface area contributed by atoms with Crippen LogP contribution in [0.15, 0.2) is 138 Å². The number of anilines is 1. The highest BCUT2D eigenvalue weighted by molar-refractivity contribution is 8.00. The molecule has 0 saturated heterocycles. The molecule has 0 bridgehead atoms. The summed E-state index contributed by atoms with van der Waals surface area (Å²) in [7, 11) is 0. The van der Waals surface area contributed by atoms with Gasteiger partial charge in [0, 0.05) is 27.3 Å². The summed E-state index contributed by atoms with van der Waals surface area (Å²) >= 11 is 7.56. The van der Waals surface area contributed by atoms with Gasteiger partial charge in [0.25, 0.3) is 11.8 Å². The van der Waals surface area contributed by atoms with Crippen LogP contribution in [0.3, 0.4) is 0 Å². The topological polar surface area (TPSA) is 75.3 Å². The summed E-state index contributed by atoms with van der Waals surface area (Å²) in [6, 6.07) is 37.0. The Hall–Kier alpha value is -4.98. The molecule has 0 fully saturated rings. The zero-order chi connectivity index (χ0) is 30.9. The number of carbonyl (C=O) groups excluding carboxylic acids is 3. The standard InChI is InChI=1S/C36H26ClFN2O3S/c37-31-12-7-13-32(38)30(31)22-33(40-35(42)27-10-5-2-6-11-27)36(43)39-28-18-20-29(21-19-28)44-23-34(41)26-16-14-25(15-17-26)24-8-3-1-4-9-24/h1-22H,23H2,(H,39,43)(H,40,42)/b33-22-. The fourth-order valence-electron chi connectivity index (χ4n) is 4.28. The molecule has 0 aliphatic rings. The van der Waals surface area contributed by atoms with E-state index < -0.39 is 17.6 Å². The summed E-state index contributed by atoms with van der Waals surface area (Å²) in [6.07, 6.45) is 1.20. The number of nitrogens with one attached hydrogen (secondary N) is 2. The average Bonchev–Trinajstić information content (AvgIpc) is 3.06. The Morgan fingerprint density at radius 3 is 2.00 bits per heavy atom. The zero-order valence-electron chi connectivity index (χ0n) is 23.3. The fourth-order valence-corrected chi connectivity index (χ4v) is 5.29. The van der Waals surface area contributed by atoms with E-state index in [1.54, 1.807) is 54.6 Å². The van der Waals surface area contributed by atoms with Crippen LogP contribution in [0.1, 0.15) is 26.3 Å². The number of thioether (sulfide) groups is 1. The minimum absolute atomic E-state index is 0.00253. The molecule has 0 saturated carbocycles. The van der Waals surface area contributed by atoms with Gasteiger partial charge in [0.1, 0.15) is 11.5 Å². The van der Waals surface area contributed by atoms with Crippen LogP contribution in [0.4, 0.5) is 10.1 Å². The molecule has 0 aromatic heterocycles. The number of hydrogen-bond acceptors (Lipinski definition) is 4. The van der Waals surface area contributed by atoms with Crippen molar-refractivity contribution in [3.63, 3.8) is 0 Å². The summed E-state index contributed by atoms with van der Waals surface area (Å²) < 4.78 is 14.5. The minimum Gasteiger partial charge on any atom is -0.321 e. The lowest BCUT2D eigenvalue weighted by Crippen LogP contribution is -2.30. The van der Waals surface area contributed by atoms with Crippen molar-refractivity contribution in [1.29, 1.82) is 0 Å². The number of hydrogen-bond donors (Lipinski definition) is 2. The normalized spacial score (nSPS) is 11.1. The first-order valence-corrected chi connectivity index (χ1v) is 15.0. The molecule has 5 aromatic rings. The van der Waals surface area contributed by atoms with Crippen LogP contribution in [0.25, 0.3) is 17.2 Å². The first-order chi connectivity index (χ1) is 21.4. The lowest BCUT2D eigenvalue weighted by Gasteiger charge is -2.12. The largest absolute Gasteiger partial charge is 0.321 e. The van der Waals surface area contributed by atoms with Crippen molar-refractivity contribution >= 4 is 52.7 Å². The molecule has 0 aliphatic carbocycles. The molecule has 2 N–H and O–H groups in total. The summed E-state index contributed by atoms with van der Waals surface area (Å²) in [5.41, 5.74) is 3.32. The third kappa shape index (κ3) is 7.89. The van der Waals surface area contributed by atoms with E-state index in [9.17, 15) is 18.8 Å². The molecular weight excluding hydrogens is 595 g/mol. The van der Waals surface area contributed by atoms with Gasteiger partial charge in [-0.15, -0.1) is 11.8 Å². The Morgan fingerprint density at radius 1 is 0.705 bits per heavy atom. The molecule has 0 unspecified atom stereocenters. The van der Waals surface area contributed by atoms with E-state index in [-0.39, 0.29) is 27.8 Å². The smallest absolute Gasteiger partial charge is 0.272 e. The minimum atomic E-state index is -0.664. The maximum Gasteiger partial charge on any atom is 0.272 e. The second kappa shape index (κ2) is 14.5. The first-order valence-electron chi connectivity index (χ1n) is 13.6. The summed E-state index contributed by atoms with van der Waals surface area (Å²) in [5, 5.41) is 5.39.